The van der Waals surface area contributed by atoms with Gasteiger partial charge in [-0.1, -0.05) is 43.0 Å². The summed E-state index contributed by atoms with van der Waals surface area (Å²) in [4.78, 5) is 31.5. The van der Waals surface area contributed by atoms with Gasteiger partial charge >= 0.3 is 6.01 Å². The number of ether oxygens (including phenoxy) is 1. The quantitative estimate of drug-likeness (QED) is 0.433. The van der Waals surface area contributed by atoms with Crippen molar-refractivity contribution in [1.82, 2.24) is 19.8 Å². The number of benzene rings is 2. The van der Waals surface area contributed by atoms with Gasteiger partial charge in [-0.05, 0) is 64.2 Å². The highest BCUT2D eigenvalue weighted by molar-refractivity contribution is 5.94. The van der Waals surface area contributed by atoms with Crippen LogP contribution in [0.5, 0.6) is 6.01 Å². The van der Waals surface area contributed by atoms with E-state index in [0.717, 1.165) is 37.4 Å². The predicted octanol–water partition coefficient (Wildman–Crippen LogP) is 4.28. The second-order valence-electron chi connectivity index (χ2n) is 11.9. The van der Waals surface area contributed by atoms with Crippen LogP contribution in [-0.2, 0) is 17.8 Å². The molecule has 2 fully saturated rings. The van der Waals surface area contributed by atoms with Gasteiger partial charge in [0.25, 0.3) is 0 Å². The van der Waals surface area contributed by atoms with Crippen LogP contribution < -0.4 is 14.5 Å². The number of likely N-dealkylation sites (N-methyl/N-ethyl adjacent to an activating group) is 1. The standard InChI is InChI=1S/C32H40N6O2/c1-5-29(39)37-18-19-38(32(2,3)22-37)30-26-15-17-36(28-14-8-11-23-10-6-7-13-25(23)28)20-27(26)33-31(34-30)40-21-24-12-9-16-35(24)4/h5-8,10-11,13-14,24H,1,9,12,15-22H2,2-4H3/t24-/m0/s1. The van der Waals surface area contributed by atoms with Gasteiger partial charge in [-0.2, -0.15) is 9.97 Å². The third-order valence-electron chi connectivity index (χ3n) is 8.85. The van der Waals surface area contributed by atoms with E-state index in [9.17, 15) is 4.79 Å². The summed E-state index contributed by atoms with van der Waals surface area (Å²) >= 11 is 0. The summed E-state index contributed by atoms with van der Waals surface area (Å²) in [5.41, 5.74) is 3.16. The van der Waals surface area contributed by atoms with Crippen molar-refractivity contribution >= 4 is 28.2 Å². The number of anilines is 2. The highest BCUT2D eigenvalue weighted by Gasteiger charge is 2.38. The molecule has 8 nitrogen and oxygen atoms in total. The molecule has 3 aromatic rings. The van der Waals surface area contributed by atoms with E-state index in [0.29, 0.717) is 44.8 Å². The summed E-state index contributed by atoms with van der Waals surface area (Å²) in [5, 5.41) is 2.50. The maximum absolute atomic E-state index is 12.4. The number of nitrogens with zero attached hydrogens (tertiary/aromatic N) is 6. The lowest BCUT2D eigenvalue weighted by molar-refractivity contribution is -0.127. The lowest BCUT2D eigenvalue weighted by Crippen LogP contribution is -2.61. The molecule has 40 heavy (non-hydrogen) atoms. The summed E-state index contributed by atoms with van der Waals surface area (Å²) in [6, 6.07) is 15.9. The predicted molar refractivity (Wildman–Crippen MR) is 160 cm³/mol. The van der Waals surface area contributed by atoms with Gasteiger partial charge < -0.3 is 24.3 Å². The van der Waals surface area contributed by atoms with Crippen LogP contribution in [0, 0.1) is 0 Å². The molecule has 1 atom stereocenters. The molecule has 1 aromatic heterocycles. The van der Waals surface area contributed by atoms with Gasteiger partial charge in [-0.15, -0.1) is 0 Å². The Morgan fingerprint density at radius 3 is 2.70 bits per heavy atom. The van der Waals surface area contributed by atoms with Crippen molar-refractivity contribution < 1.29 is 9.53 Å². The first-order valence-electron chi connectivity index (χ1n) is 14.5. The van der Waals surface area contributed by atoms with Gasteiger partial charge in [0.1, 0.15) is 12.4 Å². The van der Waals surface area contributed by atoms with Crippen molar-refractivity contribution in [2.24, 2.45) is 0 Å². The van der Waals surface area contributed by atoms with Gasteiger partial charge in [-0.3, -0.25) is 4.79 Å². The van der Waals surface area contributed by atoms with Crippen LogP contribution in [0.1, 0.15) is 37.9 Å². The topological polar surface area (TPSA) is 65.0 Å². The van der Waals surface area contributed by atoms with E-state index in [1.165, 1.54) is 34.5 Å². The normalized spacial score (nSPS) is 21.0. The summed E-state index contributed by atoms with van der Waals surface area (Å²) in [5.74, 6) is 0.931. The van der Waals surface area contributed by atoms with Gasteiger partial charge in [0.15, 0.2) is 0 Å². The number of hydrogen-bond acceptors (Lipinski definition) is 7. The number of fused-ring (bicyclic) bond motifs is 2. The maximum Gasteiger partial charge on any atom is 0.318 e. The van der Waals surface area contributed by atoms with Gasteiger partial charge in [0.2, 0.25) is 5.91 Å². The van der Waals surface area contributed by atoms with Crippen molar-refractivity contribution in [2.75, 3.05) is 56.2 Å². The molecule has 0 spiro atoms. The van der Waals surface area contributed by atoms with Crippen LogP contribution in [0.4, 0.5) is 11.5 Å². The molecule has 1 amide bonds. The Morgan fingerprint density at radius 2 is 1.93 bits per heavy atom. The van der Waals surface area contributed by atoms with Crippen LogP contribution in [-0.4, -0.2) is 83.6 Å². The largest absolute Gasteiger partial charge is 0.462 e. The van der Waals surface area contributed by atoms with Crippen LogP contribution in [0.15, 0.2) is 55.1 Å². The molecule has 2 saturated heterocycles. The number of hydrogen-bond donors (Lipinski definition) is 0. The molecular formula is C32H40N6O2. The highest BCUT2D eigenvalue weighted by Crippen LogP contribution is 2.37. The van der Waals surface area contributed by atoms with Crippen LogP contribution >= 0.6 is 0 Å². The average molecular weight is 541 g/mol. The number of rotatable bonds is 6. The fourth-order valence-electron chi connectivity index (χ4n) is 6.59. The molecule has 0 bridgehead atoms. The summed E-state index contributed by atoms with van der Waals surface area (Å²) < 4.78 is 6.33. The Bertz CT molecular complexity index is 1420. The number of carbonyl (C=O) groups is 1. The van der Waals surface area contributed by atoms with E-state index >= 15 is 0 Å². The lowest BCUT2D eigenvalue weighted by Gasteiger charge is -2.48. The minimum absolute atomic E-state index is 0.0205. The first-order chi connectivity index (χ1) is 19.3. The Kier molecular flexibility index (Phi) is 7.13. The molecule has 3 aliphatic heterocycles. The second-order valence-corrected chi connectivity index (χ2v) is 11.9. The Labute approximate surface area is 237 Å². The highest BCUT2D eigenvalue weighted by atomic mass is 16.5. The summed E-state index contributed by atoms with van der Waals surface area (Å²) in [7, 11) is 2.16. The zero-order chi connectivity index (χ0) is 27.9. The maximum atomic E-state index is 12.4. The van der Waals surface area contributed by atoms with Crippen molar-refractivity contribution in [2.45, 2.75) is 51.2 Å². The summed E-state index contributed by atoms with van der Waals surface area (Å²) in [6.07, 6.45) is 4.59. The molecule has 6 rings (SSSR count). The van der Waals surface area contributed by atoms with Gasteiger partial charge in [0.05, 0.1) is 17.8 Å². The van der Waals surface area contributed by atoms with Crippen LogP contribution in [0.25, 0.3) is 10.8 Å². The van der Waals surface area contributed by atoms with E-state index < -0.39 is 0 Å². The first-order valence-corrected chi connectivity index (χ1v) is 14.5. The average Bonchev–Trinajstić information content (AvgIpc) is 3.38. The van der Waals surface area contributed by atoms with Crippen molar-refractivity contribution in [3.63, 3.8) is 0 Å². The smallest absolute Gasteiger partial charge is 0.318 e. The van der Waals surface area contributed by atoms with Crippen molar-refractivity contribution in [3.05, 3.63) is 66.4 Å². The monoisotopic (exact) mass is 540 g/mol. The zero-order valence-corrected chi connectivity index (χ0v) is 24.0. The molecule has 210 valence electrons. The zero-order valence-electron chi connectivity index (χ0n) is 24.0. The molecule has 0 saturated carbocycles. The fraction of sp³-hybridized carbons (Fsp3) is 0.469. The molecule has 2 aromatic carbocycles. The van der Waals surface area contributed by atoms with Crippen LogP contribution in [0.2, 0.25) is 0 Å². The number of aromatic nitrogens is 2. The first kappa shape index (κ1) is 26.6. The number of carbonyl (C=O) groups excluding carboxylic acids is 1. The van der Waals surface area contributed by atoms with E-state index in [-0.39, 0.29) is 11.4 Å². The molecule has 0 N–H and O–H groups in total. The minimum atomic E-state index is -0.297. The second kappa shape index (κ2) is 10.7. The third-order valence-corrected chi connectivity index (χ3v) is 8.85. The van der Waals surface area contributed by atoms with E-state index in [1.54, 1.807) is 0 Å². The SMILES string of the molecule is C=CC(=O)N1CCN(c2nc(OC[C@@H]3CCCN3C)nc3c2CCN(c2cccc4ccccc24)C3)C(C)(C)C1. The molecule has 0 unspecified atom stereocenters. The van der Waals surface area contributed by atoms with Gasteiger partial charge in [-0.25, -0.2) is 0 Å². The molecule has 4 heterocycles. The number of amides is 1. The van der Waals surface area contributed by atoms with E-state index in [2.05, 4.69) is 84.6 Å². The Morgan fingerprint density at radius 1 is 1.10 bits per heavy atom. The molecular weight excluding hydrogens is 500 g/mol. The van der Waals surface area contributed by atoms with Gasteiger partial charge in [0, 0.05) is 48.9 Å². The fourth-order valence-corrected chi connectivity index (χ4v) is 6.59. The van der Waals surface area contributed by atoms with Crippen molar-refractivity contribution in [1.29, 1.82) is 0 Å². The Balaban J connectivity index is 1.35. The molecule has 8 heteroatoms. The molecule has 3 aliphatic rings. The van der Waals surface area contributed by atoms with Crippen LogP contribution in [0.3, 0.4) is 0 Å². The molecule has 0 radical (unpaired) electrons. The minimum Gasteiger partial charge on any atom is -0.462 e. The summed E-state index contributed by atoms with van der Waals surface area (Å²) in [6.45, 7) is 13.3. The third kappa shape index (κ3) is 5.01. The lowest BCUT2D eigenvalue weighted by atomic mass is 9.96. The van der Waals surface area contributed by atoms with E-state index in [1.807, 2.05) is 4.90 Å². The Hall–Kier alpha value is -3.65. The van der Waals surface area contributed by atoms with E-state index in [4.69, 9.17) is 14.7 Å². The number of piperazine rings is 1. The van der Waals surface area contributed by atoms with Crippen molar-refractivity contribution in [3.8, 4) is 6.01 Å². The number of likely N-dealkylation sites (tertiary alicyclic amines) is 1. The molecule has 0 aliphatic carbocycles.